The Labute approximate surface area is 111 Å². The molecular weight excluding hydrogens is 224 g/mol. The predicted molar refractivity (Wildman–Crippen MR) is 76.3 cm³/mol. The molecule has 3 heteroatoms. The van der Waals surface area contributed by atoms with E-state index in [1.807, 2.05) is 6.92 Å². The Bertz CT molecular complexity index is 345. The topological polar surface area (TPSA) is 42.4 Å². The van der Waals surface area contributed by atoms with Crippen molar-refractivity contribution in [2.24, 2.45) is 17.6 Å². The second-order valence-corrected chi connectivity index (χ2v) is 5.98. The maximum absolute atomic E-state index is 5.62. The van der Waals surface area contributed by atoms with Crippen molar-refractivity contribution in [3.63, 3.8) is 0 Å². The summed E-state index contributed by atoms with van der Waals surface area (Å²) in [6.07, 6.45) is 0. The Morgan fingerprint density at radius 3 is 2.11 bits per heavy atom. The van der Waals surface area contributed by atoms with Crippen LogP contribution < -0.4 is 5.73 Å². The molecule has 1 aromatic heterocycles. The summed E-state index contributed by atoms with van der Waals surface area (Å²) in [5, 5.41) is 0. The molecule has 0 aliphatic carbocycles. The molecule has 0 atom stereocenters. The van der Waals surface area contributed by atoms with Gasteiger partial charge in [-0.15, -0.1) is 0 Å². The second-order valence-electron chi connectivity index (χ2n) is 5.98. The van der Waals surface area contributed by atoms with E-state index in [0.29, 0.717) is 18.4 Å². The normalized spacial score (nSPS) is 12.1. The molecule has 0 aliphatic heterocycles. The average molecular weight is 252 g/mol. The van der Waals surface area contributed by atoms with E-state index in [-0.39, 0.29) is 0 Å². The average Bonchev–Trinajstić information content (AvgIpc) is 2.57. The van der Waals surface area contributed by atoms with Crippen molar-refractivity contribution < 1.29 is 4.42 Å². The molecule has 1 aromatic rings. The SMILES string of the molecule is Cc1oc(CN)cc1CN(CC(C)C)CC(C)C. The summed E-state index contributed by atoms with van der Waals surface area (Å²) in [5.74, 6) is 3.26. The molecule has 1 heterocycles. The van der Waals surface area contributed by atoms with Crippen LogP contribution in [-0.2, 0) is 13.1 Å². The van der Waals surface area contributed by atoms with Gasteiger partial charge in [0.1, 0.15) is 11.5 Å². The van der Waals surface area contributed by atoms with E-state index in [1.165, 1.54) is 5.56 Å². The third-order valence-corrected chi connectivity index (χ3v) is 2.91. The molecule has 0 spiro atoms. The van der Waals surface area contributed by atoms with Crippen LogP contribution in [0.3, 0.4) is 0 Å². The first-order valence-electron chi connectivity index (χ1n) is 6.93. The molecule has 0 saturated carbocycles. The van der Waals surface area contributed by atoms with E-state index in [0.717, 1.165) is 31.2 Å². The van der Waals surface area contributed by atoms with Crippen LogP contribution in [0, 0.1) is 18.8 Å². The molecule has 0 fully saturated rings. The van der Waals surface area contributed by atoms with E-state index in [1.54, 1.807) is 0 Å². The minimum atomic E-state index is 0.481. The molecule has 0 radical (unpaired) electrons. The summed E-state index contributed by atoms with van der Waals surface area (Å²) >= 11 is 0. The molecule has 0 aromatic carbocycles. The lowest BCUT2D eigenvalue weighted by molar-refractivity contribution is 0.210. The van der Waals surface area contributed by atoms with E-state index in [9.17, 15) is 0 Å². The number of hydrogen-bond acceptors (Lipinski definition) is 3. The quantitative estimate of drug-likeness (QED) is 0.810. The van der Waals surface area contributed by atoms with Crippen molar-refractivity contribution in [2.45, 2.75) is 47.7 Å². The Kier molecular flexibility index (Phi) is 5.89. The first-order chi connectivity index (χ1) is 8.42. The van der Waals surface area contributed by atoms with E-state index >= 15 is 0 Å². The van der Waals surface area contributed by atoms with Crippen LogP contribution in [-0.4, -0.2) is 18.0 Å². The molecule has 104 valence electrons. The number of aryl methyl sites for hydroxylation is 1. The van der Waals surface area contributed by atoms with Crippen LogP contribution in [0.5, 0.6) is 0 Å². The Balaban J connectivity index is 2.71. The molecule has 2 N–H and O–H groups in total. The van der Waals surface area contributed by atoms with Gasteiger partial charge in [0.2, 0.25) is 0 Å². The van der Waals surface area contributed by atoms with Crippen molar-refractivity contribution in [3.05, 3.63) is 23.2 Å². The van der Waals surface area contributed by atoms with Crippen LogP contribution in [0.4, 0.5) is 0 Å². The zero-order valence-corrected chi connectivity index (χ0v) is 12.5. The fraction of sp³-hybridized carbons (Fsp3) is 0.733. The van der Waals surface area contributed by atoms with Gasteiger partial charge in [-0.1, -0.05) is 27.7 Å². The number of nitrogens with zero attached hydrogens (tertiary/aromatic N) is 1. The van der Waals surface area contributed by atoms with Crippen LogP contribution >= 0.6 is 0 Å². The smallest absolute Gasteiger partial charge is 0.118 e. The standard InChI is InChI=1S/C15H28N2O/c1-11(2)8-17(9-12(3)4)10-14-6-15(7-16)18-13(14)5/h6,11-12H,7-10,16H2,1-5H3. The van der Waals surface area contributed by atoms with Crippen molar-refractivity contribution in [2.75, 3.05) is 13.1 Å². The van der Waals surface area contributed by atoms with Crippen LogP contribution in [0.1, 0.15) is 44.8 Å². The lowest BCUT2D eigenvalue weighted by Gasteiger charge is -2.25. The van der Waals surface area contributed by atoms with Crippen molar-refractivity contribution in [3.8, 4) is 0 Å². The Morgan fingerprint density at radius 2 is 1.72 bits per heavy atom. The highest BCUT2D eigenvalue weighted by Crippen LogP contribution is 2.18. The van der Waals surface area contributed by atoms with Gasteiger partial charge in [0.25, 0.3) is 0 Å². The molecule has 0 saturated heterocycles. The maximum atomic E-state index is 5.62. The summed E-state index contributed by atoms with van der Waals surface area (Å²) in [7, 11) is 0. The van der Waals surface area contributed by atoms with Crippen LogP contribution in [0.25, 0.3) is 0 Å². The van der Waals surface area contributed by atoms with Crippen molar-refractivity contribution in [1.29, 1.82) is 0 Å². The van der Waals surface area contributed by atoms with Crippen molar-refractivity contribution in [1.82, 2.24) is 4.90 Å². The van der Waals surface area contributed by atoms with Crippen molar-refractivity contribution >= 4 is 0 Å². The van der Waals surface area contributed by atoms with Gasteiger partial charge in [0, 0.05) is 25.2 Å². The molecule has 18 heavy (non-hydrogen) atoms. The largest absolute Gasteiger partial charge is 0.465 e. The fourth-order valence-electron chi connectivity index (χ4n) is 2.32. The number of rotatable bonds is 7. The van der Waals surface area contributed by atoms with Crippen LogP contribution in [0.15, 0.2) is 10.5 Å². The minimum Gasteiger partial charge on any atom is -0.465 e. The molecule has 3 nitrogen and oxygen atoms in total. The third-order valence-electron chi connectivity index (χ3n) is 2.91. The summed E-state index contributed by atoms with van der Waals surface area (Å²) in [6.45, 7) is 14.8. The first kappa shape index (κ1) is 15.3. The highest BCUT2D eigenvalue weighted by molar-refractivity contribution is 5.20. The molecular formula is C15H28N2O. The van der Waals surface area contributed by atoms with Gasteiger partial charge in [0.15, 0.2) is 0 Å². The zero-order chi connectivity index (χ0) is 13.7. The minimum absolute atomic E-state index is 0.481. The van der Waals surface area contributed by atoms with Gasteiger partial charge in [-0.25, -0.2) is 0 Å². The predicted octanol–water partition coefficient (Wildman–Crippen LogP) is 3.16. The van der Waals surface area contributed by atoms with Gasteiger partial charge in [-0.05, 0) is 24.8 Å². The van der Waals surface area contributed by atoms with Gasteiger partial charge >= 0.3 is 0 Å². The number of hydrogen-bond donors (Lipinski definition) is 1. The summed E-state index contributed by atoms with van der Waals surface area (Å²) in [5.41, 5.74) is 6.89. The highest BCUT2D eigenvalue weighted by Gasteiger charge is 2.14. The summed E-state index contributed by atoms with van der Waals surface area (Å²) < 4.78 is 5.62. The number of nitrogens with two attached hydrogens (primary N) is 1. The Hall–Kier alpha value is -0.800. The van der Waals surface area contributed by atoms with Gasteiger partial charge in [0.05, 0.1) is 6.54 Å². The summed E-state index contributed by atoms with van der Waals surface area (Å²) in [4.78, 5) is 2.51. The van der Waals surface area contributed by atoms with Gasteiger partial charge in [-0.3, -0.25) is 4.90 Å². The van der Waals surface area contributed by atoms with E-state index < -0.39 is 0 Å². The Morgan fingerprint density at radius 1 is 1.17 bits per heavy atom. The lowest BCUT2D eigenvalue weighted by atomic mass is 10.1. The van der Waals surface area contributed by atoms with E-state index in [4.69, 9.17) is 10.2 Å². The first-order valence-corrected chi connectivity index (χ1v) is 6.93. The van der Waals surface area contributed by atoms with Gasteiger partial charge < -0.3 is 10.2 Å². The highest BCUT2D eigenvalue weighted by atomic mass is 16.3. The maximum Gasteiger partial charge on any atom is 0.118 e. The molecule has 0 amide bonds. The monoisotopic (exact) mass is 252 g/mol. The molecule has 0 bridgehead atoms. The second kappa shape index (κ2) is 6.95. The lowest BCUT2D eigenvalue weighted by Crippen LogP contribution is -2.31. The van der Waals surface area contributed by atoms with E-state index in [2.05, 4.69) is 38.7 Å². The number of furan rings is 1. The molecule has 0 unspecified atom stereocenters. The van der Waals surface area contributed by atoms with Gasteiger partial charge in [-0.2, -0.15) is 0 Å². The fourth-order valence-corrected chi connectivity index (χ4v) is 2.32. The summed E-state index contributed by atoms with van der Waals surface area (Å²) in [6, 6.07) is 2.10. The third kappa shape index (κ3) is 4.83. The molecule has 1 rings (SSSR count). The molecule has 0 aliphatic rings. The van der Waals surface area contributed by atoms with Crippen LogP contribution in [0.2, 0.25) is 0 Å². The zero-order valence-electron chi connectivity index (χ0n) is 12.5.